The van der Waals surface area contributed by atoms with Crippen LogP contribution in [0.3, 0.4) is 0 Å². The lowest BCUT2D eigenvalue weighted by Gasteiger charge is -1.99. The van der Waals surface area contributed by atoms with Gasteiger partial charge in [-0.1, -0.05) is 12.8 Å². The topological polar surface area (TPSA) is 90.1 Å². The predicted molar refractivity (Wildman–Crippen MR) is 64.2 cm³/mol. The van der Waals surface area contributed by atoms with Crippen LogP contribution in [0.2, 0.25) is 0 Å². The van der Waals surface area contributed by atoms with Crippen molar-refractivity contribution >= 4 is 0 Å². The lowest BCUT2D eigenvalue weighted by molar-refractivity contribution is 0.653. The summed E-state index contributed by atoms with van der Waals surface area (Å²) < 4.78 is 0. The summed E-state index contributed by atoms with van der Waals surface area (Å²) in [6, 6.07) is 0.287. The second-order valence-corrected chi connectivity index (χ2v) is 3.53. The van der Waals surface area contributed by atoms with Crippen LogP contribution in [0, 0.1) is 0 Å². The van der Waals surface area contributed by atoms with Gasteiger partial charge in [0.15, 0.2) is 0 Å². The lowest BCUT2D eigenvalue weighted by atomic mass is 10.2. The number of hydrogen-bond acceptors (Lipinski definition) is 4. The number of hydrogen-bond donors (Lipinski definition) is 4. The molecule has 4 heteroatoms. The molecule has 14 heavy (non-hydrogen) atoms. The van der Waals surface area contributed by atoms with Crippen LogP contribution in [-0.4, -0.2) is 32.7 Å². The standard InChI is InChI=1S/C6H16N2.C4H12N2/c7-5-3-1-2-4-6-8;1-4(5)3-6-2/h1-8H2;4,6H,3,5H2,1-2H3. The number of nitrogens with one attached hydrogen (secondary N) is 1. The minimum atomic E-state index is 0.287. The quantitative estimate of drug-likeness (QED) is 0.440. The van der Waals surface area contributed by atoms with Gasteiger partial charge in [0.25, 0.3) is 0 Å². The predicted octanol–water partition coefficient (Wildman–Crippen LogP) is 0.0172. The second-order valence-electron chi connectivity index (χ2n) is 3.53. The molecule has 0 bridgehead atoms. The lowest BCUT2D eigenvalue weighted by Crippen LogP contribution is -2.28. The third kappa shape index (κ3) is 22.6. The molecule has 0 aliphatic carbocycles. The van der Waals surface area contributed by atoms with Crippen molar-refractivity contribution < 1.29 is 0 Å². The van der Waals surface area contributed by atoms with E-state index in [1.165, 1.54) is 12.8 Å². The van der Waals surface area contributed by atoms with Crippen molar-refractivity contribution in [2.24, 2.45) is 17.2 Å². The van der Waals surface area contributed by atoms with Crippen molar-refractivity contribution in [1.82, 2.24) is 5.32 Å². The van der Waals surface area contributed by atoms with Crippen molar-refractivity contribution in [1.29, 1.82) is 0 Å². The van der Waals surface area contributed by atoms with Gasteiger partial charge in [-0.25, -0.2) is 0 Å². The van der Waals surface area contributed by atoms with Crippen LogP contribution in [0.15, 0.2) is 0 Å². The molecule has 0 aromatic rings. The monoisotopic (exact) mass is 204 g/mol. The van der Waals surface area contributed by atoms with E-state index in [1.54, 1.807) is 0 Å². The molecular weight excluding hydrogens is 176 g/mol. The highest BCUT2D eigenvalue weighted by molar-refractivity contribution is 4.51. The van der Waals surface area contributed by atoms with Gasteiger partial charge in [-0.3, -0.25) is 0 Å². The first-order valence-corrected chi connectivity index (χ1v) is 5.49. The summed E-state index contributed by atoms with van der Waals surface area (Å²) >= 11 is 0. The molecule has 1 unspecified atom stereocenters. The van der Waals surface area contributed by atoms with E-state index < -0.39 is 0 Å². The molecule has 0 spiro atoms. The number of rotatable bonds is 7. The second kappa shape index (κ2) is 15.3. The van der Waals surface area contributed by atoms with Crippen molar-refractivity contribution in [3.63, 3.8) is 0 Å². The maximum atomic E-state index is 5.34. The van der Waals surface area contributed by atoms with Gasteiger partial charge in [-0.15, -0.1) is 0 Å². The average molecular weight is 204 g/mol. The molecule has 0 heterocycles. The Morgan fingerprint density at radius 3 is 1.57 bits per heavy atom. The Bertz CT molecular complexity index is 80.2. The van der Waals surface area contributed by atoms with Gasteiger partial charge in [0, 0.05) is 12.6 Å². The first-order chi connectivity index (χ1) is 6.68. The average Bonchev–Trinajstić information content (AvgIpc) is 2.13. The Kier molecular flexibility index (Phi) is 17.8. The molecule has 1 atom stereocenters. The van der Waals surface area contributed by atoms with Gasteiger partial charge < -0.3 is 22.5 Å². The van der Waals surface area contributed by atoms with Crippen LogP contribution in [0.1, 0.15) is 32.6 Å². The Labute approximate surface area is 88.6 Å². The molecule has 0 fully saturated rings. The summed E-state index contributed by atoms with van der Waals surface area (Å²) in [6.45, 7) is 4.52. The summed E-state index contributed by atoms with van der Waals surface area (Å²) in [5, 5.41) is 2.94. The van der Waals surface area contributed by atoms with E-state index in [2.05, 4.69) is 5.32 Å². The van der Waals surface area contributed by atoms with E-state index in [1.807, 2.05) is 14.0 Å². The van der Waals surface area contributed by atoms with Gasteiger partial charge in [0.1, 0.15) is 0 Å². The van der Waals surface area contributed by atoms with Crippen LogP contribution in [0.5, 0.6) is 0 Å². The molecule has 0 aromatic carbocycles. The van der Waals surface area contributed by atoms with Crippen LogP contribution in [-0.2, 0) is 0 Å². The Morgan fingerprint density at radius 1 is 1.00 bits per heavy atom. The van der Waals surface area contributed by atoms with Crippen molar-refractivity contribution in [3.8, 4) is 0 Å². The fourth-order valence-electron chi connectivity index (χ4n) is 0.964. The van der Waals surface area contributed by atoms with Crippen LogP contribution >= 0.6 is 0 Å². The summed E-state index contributed by atoms with van der Waals surface area (Å²) in [7, 11) is 1.89. The number of likely N-dealkylation sites (N-methyl/N-ethyl adjacent to an activating group) is 1. The molecular formula is C10H28N4. The molecule has 0 aliphatic rings. The molecule has 0 aromatic heterocycles. The van der Waals surface area contributed by atoms with Crippen LogP contribution in [0.25, 0.3) is 0 Å². The molecule has 0 radical (unpaired) electrons. The zero-order chi connectivity index (χ0) is 11.2. The summed E-state index contributed by atoms with van der Waals surface area (Å²) in [5.74, 6) is 0. The summed E-state index contributed by atoms with van der Waals surface area (Å²) in [6.07, 6.45) is 4.79. The third-order valence-electron chi connectivity index (χ3n) is 1.68. The van der Waals surface area contributed by atoms with E-state index in [9.17, 15) is 0 Å². The molecule has 0 aliphatic heterocycles. The van der Waals surface area contributed by atoms with Crippen molar-refractivity contribution in [2.75, 3.05) is 26.7 Å². The van der Waals surface area contributed by atoms with E-state index in [0.717, 1.165) is 32.5 Å². The van der Waals surface area contributed by atoms with Gasteiger partial charge in [0.05, 0.1) is 0 Å². The normalized spacial score (nSPS) is 11.8. The van der Waals surface area contributed by atoms with E-state index in [0.29, 0.717) is 0 Å². The summed E-state index contributed by atoms with van der Waals surface area (Å²) in [4.78, 5) is 0. The molecule has 0 saturated carbocycles. The zero-order valence-electron chi connectivity index (χ0n) is 9.76. The van der Waals surface area contributed by atoms with Crippen LogP contribution in [0.4, 0.5) is 0 Å². The van der Waals surface area contributed by atoms with E-state index >= 15 is 0 Å². The van der Waals surface area contributed by atoms with Crippen molar-refractivity contribution in [3.05, 3.63) is 0 Å². The molecule has 88 valence electrons. The Hall–Kier alpha value is -0.160. The van der Waals surface area contributed by atoms with Gasteiger partial charge >= 0.3 is 0 Å². The minimum Gasteiger partial charge on any atom is -0.330 e. The molecule has 7 N–H and O–H groups in total. The van der Waals surface area contributed by atoms with Crippen LogP contribution < -0.4 is 22.5 Å². The molecule has 0 rings (SSSR count). The smallest absolute Gasteiger partial charge is 0.0136 e. The molecule has 4 nitrogen and oxygen atoms in total. The largest absolute Gasteiger partial charge is 0.330 e. The highest BCUT2D eigenvalue weighted by atomic mass is 14.8. The Morgan fingerprint density at radius 2 is 1.43 bits per heavy atom. The first-order valence-electron chi connectivity index (χ1n) is 5.49. The van der Waals surface area contributed by atoms with Gasteiger partial charge in [0.2, 0.25) is 0 Å². The maximum absolute atomic E-state index is 5.34. The fourth-order valence-corrected chi connectivity index (χ4v) is 0.964. The maximum Gasteiger partial charge on any atom is 0.0136 e. The first kappa shape index (κ1) is 16.3. The van der Waals surface area contributed by atoms with Gasteiger partial charge in [-0.2, -0.15) is 0 Å². The highest BCUT2D eigenvalue weighted by Crippen LogP contribution is 1.95. The Balaban J connectivity index is 0. The third-order valence-corrected chi connectivity index (χ3v) is 1.68. The zero-order valence-corrected chi connectivity index (χ0v) is 9.76. The number of nitrogens with two attached hydrogens (primary N) is 3. The molecule has 0 saturated heterocycles. The SMILES string of the molecule is CNCC(C)N.NCCCCCCN. The van der Waals surface area contributed by atoms with Crippen molar-refractivity contribution in [2.45, 2.75) is 38.6 Å². The summed E-state index contributed by atoms with van der Waals surface area (Å²) in [5.41, 5.74) is 15.9. The molecule has 0 amide bonds. The fraction of sp³-hybridized carbons (Fsp3) is 1.00. The van der Waals surface area contributed by atoms with E-state index in [4.69, 9.17) is 17.2 Å². The number of unbranched alkanes of at least 4 members (excludes halogenated alkanes) is 3. The minimum absolute atomic E-state index is 0.287. The van der Waals surface area contributed by atoms with E-state index in [-0.39, 0.29) is 6.04 Å². The van der Waals surface area contributed by atoms with Gasteiger partial charge in [-0.05, 0) is 39.9 Å². The highest BCUT2D eigenvalue weighted by Gasteiger charge is 1.84.